The number of carbonyl (C=O) groups is 1. The summed E-state index contributed by atoms with van der Waals surface area (Å²) in [6.45, 7) is 4.42. The number of fused-ring (bicyclic) bond motifs is 3. The molecule has 1 atom stereocenters. The van der Waals surface area contributed by atoms with Crippen LogP contribution < -0.4 is 5.32 Å². The molecule has 5 nitrogen and oxygen atoms in total. The van der Waals surface area contributed by atoms with E-state index in [2.05, 4.69) is 58.8 Å². The zero-order chi connectivity index (χ0) is 20.5. The zero-order valence-corrected chi connectivity index (χ0v) is 19.5. The number of hydrogen-bond acceptors (Lipinski definition) is 4. The van der Waals surface area contributed by atoms with Crippen molar-refractivity contribution in [2.24, 2.45) is 0 Å². The molecule has 32 heavy (non-hydrogen) atoms. The predicted molar refractivity (Wildman–Crippen MR) is 131 cm³/mol. The number of benzene rings is 2. The van der Waals surface area contributed by atoms with Gasteiger partial charge >= 0.3 is 6.09 Å². The third kappa shape index (κ3) is 4.33. The van der Waals surface area contributed by atoms with E-state index in [-0.39, 0.29) is 42.9 Å². The maximum absolute atomic E-state index is 13.1. The summed E-state index contributed by atoms with van der Waals surface area (Å²) in [4.78, 5) is 19.4. The highest BCUT2D eigenvalue weighted by Crippen LogP contribution is 2.44. The lowest BCUT2D eigenvalue weighted by Crippen LogP contribution is -2.49. The first-order chi connectivity index (χ1) is 14.7. The Morgan fingerprint density at radius 3 is 2.28 bits per heavy atom. The van der Waals surface area contributed by atoms with Crippen LogP contribution in [-0.2, 0) is 4.74 Å². The Morgan fingerprint density at radius 2 is 1.62 bits per heavy atom. The number of rotatable bonds is 3. The summed E-state index contributed by atoms with van der Waals surface area (Å²) >= 11 is 0. The van der Waals surface area contributed by atoms with Crippen LogP contribution >= 0.6 is 24.8 Å². The van der Waals surface area contributed by atoms with Crippen LogP contribution in [0.5, 0.6) is 0 Å². The third-order valence-electron chi connectivity index (χ3n) is 6.22. The predicted octanol–water partition coefficient (Wildman–Crippen LogP) is 5.13. The molecular weight excluding hydrogens is 445 g/mol. The Bertz CT molecular complexity index is 1050. The number of aryl methyl sites for hydroxylation is 1. The standard InChI is InChI=1S/C25H25N3O2.2ClH/c1-17-18(11-6-12-27-17)24-15-26-13-14-28(24)25(29)30-16-23-21-9-4-2-7-19(21)20-8-3-5-10-22(20)23;;/h2-12,23-24,26H,13-16H2,1H3;2*1H. The highest BCUT2D eigenvalue weighted by molar-refractivity contribution is 5.85. The van der Waals surface area contributed by atoms with Crippen LogP contribution in [0.3, 0.4) is 0 Å². The molecule has 7 heteroatoms. The lowest BCUT2D eigenvalue weighted by Gasteiger charge is -2.36. The van der Waals surface area contributed by atoms with Gasteiger partial charge in [-0.3, -0.25) is 9.88 Å². The molecule has 2 heterocycles. The number of hydrogen-bond donors (Lipinski definition) is 1. The van der Waals surface area contributed by atoms with E-state index in [4.69, 9.17) is 4.74 Å². The van der Waals surface area contributed by atoms with E-state index in [0.29, 0.717) is 19.7 Å². The van der Waals surface area contributed by atoms with E-state index in [1.54, 1.807) is 6.20 Å². The van der Waals surface area contributed by atoms with Gasteiger partial charge in [-0.1, -0.05) is 54.6 Å². The first-order valence-electron chi connectivity index (χ1n) is 10.5. The molecule has 1 N–H and O–H groups in total. The fourth-order valence-corrected chi connectivity index (χ4v) is 4.73. The Kier molecular flexibility index (Phi) is 7.77. The Balaban J connectivity index is 0.00000144. The molecule has 168 valence electrons. The average Bonchev–Trinajstić information content (AvgIpc) is 3.12. The molecule has 0 bridgehead atoms. The van der Waals surface area contributed by atoms with Gasteiger partial charge in [-0.2, -0.15) is 0 Å². The van der Waals surface area contributed by atoms with Crippen molar-refractivity contribution in [3.63, 3.8) is 0 Å². The van der Waals surface area contributed by atoms with Gasteiger partial charge in [0.05, 0.1) is 6.04 Å². The van der Waals surface area contributed by atoms with Crippen molar-refractivity contribution >= 4 is 30.9 Å². The second kappa shape index (κ2) is 10.3. The van der Waals surface area contributed by atoms with Crippen molar-refractivity contribution < 1.29 is 9.53 Å². The zero-order valence-electron chi connectivity index (χ0n) is 17.9. The lowest BCUT2D eigenvalue weighted by molar-refractivity contribution is 0.0750. The second-order valence-corrected chi connectivity index (χ2v) is 7.90. The minimum Gasteiger partial charge on any atom is -0.448 e. The minimum absolute atomic E-state index is 0. The van der Waals surface area contributed by atoms with Crippen LogP contribution in [-0.4, -0.2) is 42.2 Å². The average molecular weight is 472 g/mol. The molecule has 1 fully saturated rings. The molecule has 3 aromatic rings. The Morgan fingerprint density at radius 1 is 1.00 bits per heavy atom. The maximum atomic E-state index is 13.1. The van der Waals surface area contributed by atoms with Crippen molar-refractivity contribution in [3.8, 4) is 11.1 Å². The number of ether oxygens (including phenoxy) is 1. The minimum atomic E-state index is -0.258. The molecule has 2 aliphatic rings. The lowest BCUT2D eigenvalue weighted by atomic mass is 9.98. The van der Waals surface area contributed by atoms with Gasteiger partial charge in [0.25, 0.3) is 0 Å². The van der Waals surface area contributed by atoms with Crippen LogP contribution in [0.4, 0.5) is 4.79 Å². The van der Waals surface area contributed by atoms with Crippen LogP contribution in [0.2, 0.25) is 0 Å². The van der Waals surface area contributed by atoms with Gasteiger partial charge in [-0.15, -0.1) is 24.8 Å². The number of carbonyl (C=O) groups excluding carboxylic acids is 1. The van der Waals surface area contributed by atoms with Gasteiger partial charge in [0, 0.05) is 37.4 Å². The fraction of sp³-hybridized carbons (Fsp3) is 0.280. The summed E-state index contributed by atoms with van der Waals surface area (Å²) in [5.74, 6) is 0.0721. The van der Waals surface area contributed by atoms with Crippen molar-refractivity contribution in [2.75, 3.05) is 26.2 Å². The number of halogens is 2. The van der Waals surface area contributed by atoms with Gasteiger partial charge in [0.15, 0.2) is 0 Å². The van der Waals surface area contributed by atoms with E-state index >= 15 is 0 Å². The molecule has 0 saturated carbocycles. The number of amides is 1. The summed E-state index contributed by atoms with van der Waals surface area (Å²) in [7, 11) is 0. The van der Waals surface area contributed by atoms with E-state index in [1.165, 1.54) is 22.3 Å². The Labute approximate surface area is 201 Å². The van der Waals surface area contributed by atoms with Crippen LogP contribution in [0.25, 0.3) is 11.1 Å². The Hall–Kier alpha value is -2.60. The molecule has 5 rings (SSSR count). The number of aromatic nitrogens is 1. The number of nitrogens with one attached hydrogen (secondary N) is 1. The molecular formula is C25H27Cl2N3O2. The summed E-state index contributed by atoms with van der Waals surface area (Å²) in [6.07, 6.45) is 1.53. The monoisotopic (exact) mass is 471 g/mol. The normalized spacial score (nSPS) is 16.9. The first kappa shape index (κ1) is 24.1. The quantitative estimate of drug-likeness (QED) is 0.575. The molecule has 1 unspecified atom stereocenters. The van der Waals surface area contributed by atoms with Gasteiger partial charge in [0.1, 0.15) is 6.61 Å². The highest BCUT2D eigenvalue weighted by atomic mass is 35.5. The van der Waals surface area contributed by atoms with Crippen LogP contribution in [0.15, 0.2) is 66.9 Å². The van der Waals surface area contributed by atoms with E-state index in [9.17, 15) is 4.79 Å². The van der Waals surface area contributed by atoms with E-state index in [1.807, 2.05) is 24.0 Å². The van der Waals surface area contributed by atoms with Gasteiger partial charge in [-0.25, -0.2) is 4.79 Å². The first-order valence-corrected chi connectivity index (χ1v) is 10.5. The highest BCUT2D eigenvalue weighted by Gasteiger charge is 2.33. The number of piperazine rings is 1. The molecule has 1 aromatic heterocycles. The molecule has 0 radical (unpaired) electrons. The van der Waals surface area contributed by atoms with Crippen molar-refractivity contribution in [3.05, 3.63) is 89.2 Å². The molecule has 1 saturated heterocycles. The molecule has 1 amide bonds. The SMILES string of the molecule is Cc1ncccc1C1CNCCN1C(=O)OCC1c2ccccc2-c2ccccc21.Cl.Cl. The molecule has 1 aliphatic carbocycles. The largest absolute Gasteiger partial charge is 0.448 e. The second-order valence-electron chi connectivity index (χ2n) is 7.90. The third-order valence-corrected chi connectivity index (χ3v) is 6.22. The van der Waals surface area contributed by atoms with Gasteiger partial charge < -0.3 is 10.1 Å². The summed E-state index contributed by atoms with van der Waals surface area (Å²) in [5.41, 5.74) is 6.94. The van der Waals surface area contributed by atoms with Crippen LogP contribution in [0.1, 0.15) is 34.3 Å². The summed E-state index contributed by atoms with van der Waals surface area (Å²) in [6, 6.07) is 20.7. The van der Waals surface area contributed by atoms with Gasteiger partial charge in [0.2, 0.25) is 0 Å². The van der Waals surface area contributed by atoms with Crippen LogP contribution in [0, 0.1) is 6.92 Å². The summed E-state index contributed by atoms with van der Waals surface area (Å²) in [5, 5.41) is 3.39. The maximum Gasteiger partial charge on any atom is 0.410 e. The van der Waals surface area contributed by atoms with Crippen molar-refractivity contribution in [2.45, 2.75) is 18.9 Å². The smallest absolute Gasteiger partial charge is 0.410 e. The van der Waals surface area contributed by atoms with Gasteiger partial charge in [-0.05, 0) is 40.8 Å². The van der Waals surface area contributed by atoms with Crippen molar-refractivity contribution in [1.29, 1.82) is 0 Å². The molecule has 1 aliphatic heterocycles. The van der Waals surface area contributed by atoms with Crippen molar-refractivity contribution in [1.82, 2.24) is 15.2 Å². The number of nitrogens with zero attached hydrogens (tertiary/aromatic N) is 2. The molecule has 0 spiro atoms. The fourth-order valence-electron chi connectivity index (χ4n) is 4.73. The van der Waals surface area contributed by atoms with E-state index < -0.39 is 0 Å². The number of pyridine rings is 1. The summed E-state index contributed by atoms with van der Waals surface area (Å²) < 4.78 is 5.91. The molecule has 2 aromatic carbocycles. The van der Waals surface area contributed by atoms with E-state index in [0.717, 1.165) is 17.8 Å². The topological polar surface area (TPSA) is 54.5 Å².